The molecule has 2 heterocycles. The molecule has 30 heavy (non-hydrogen) atoms. The van der Waals surface area contributed by atoms with Crippen molar-refractivity contribution in [2.24, 2.45) is 0 Å². The van der Waals surface area contributed by atoms with Crippen LogP contribution in [0.4, 0.5) is 0 Å². The molecular formula is C23H27NO6. The number of carbonyl (C=O) groups is 2. The number of aliphatic hydroxyl groups excluding tert-OH is 1. The second-order valence-corrected chi connectivity index (χ2v) is 7.44. The summed E-state index contributed by atoms with van der Waals surface area (Å²) < 4.78 is 16.4. The molecule has 0 aliphatic carbocycles. The van der Waals surface area contributed by atoms with Crippen molar-refractivity contribution in [3.63, 3.8) is 0 Å². The lowest BCUT2D eigenvalue weighted by Crippen LogP contribution is -2.31. The van der Waals surface area contributed by atoms with Crippen LogP contribution in [0.5, 0.6) is 5.75 Å². The maximum Gasteiger partial charge on any atom is 0.295 e. The third-order valence-corrected chi connectivity index (χ3v) is 4.93. The molecule has 1 aliphatic rings. The summed E-state index contributed by atoms with van der Waals surface area (Å²) in [5, 5.41) is 10.9. The molecule has 1 aliphatic heterocycles. The summed E-state index contributed by atoms with van der Waals surface area (Å²) in [6, 6.07) is 9.35. The van der Waals surface area contributed by atoms with E-state index in [1.807, 2.05) is 13.8 Å². The van der Waals surface area contributed by atoms with Gasteiger partial charge in [0.2, 0.25) is 0 Å². The molecule has 1 amide bonds. The number of methoxy groups -OCH3 is 1. The number of nitrogens with zero attached hydrogens (tertiary/aromatic N) is 1. The van der Waals surface area contributed by atoms with Crippen molar-refractivity contribution in [2.75, 3.05) is 20.3 Å². The van der Waals surface area contributed by atoms with Crippen LogP contribution in [0.3, 0.4) is 0 Å². The van der Waals surface area contributed by atoms with E-state index in [9.17, 15) is 14.7 Å². The van der Waals surface area contributed by atoms with Crippen LogP contribution in [0.25, 0.3) is 5.76 Å². The van der Waals surface area contributed by atoms with Crippen molar-refractivity contribution in [1.82, 2.24) is 4.90 Å². The highest BCUT2D eigenvalue weighted by Crippen LogP contribution is 2.40. The monoisotopic (exact) mass is 413 g/mol. The molecule has 1 fully saturated rings. The summed E-state index contributed by atoms with van der Waals surface area (Å²) in [5.41, 5.74) is 0.439. The Kier molecular flexibility index (Phi) is 6.62. The number of Topliss-reactive ketones (excluding diaryl/α,β-unsaturated/α-hetero) is 1. The Labute approximate surface area is 175 Å². The van der Waals surface area contributed by atoms with Crippen LogP contribution in [-0.4, -0.2) is 48.1 Å². The number of likely N-dealkylation sites (tertiary alicyclic amines) is 1. The van der Waals surface area contributed by atoms with Crippen LogP contribution >= 0.6 is 0 Å². The number of ether oxygens (including phenoxy) is 2. The maximum atomic E-state index is 12.9. The van der Waals surface area contributed by atoms with Crippen molar-refractivity contribution in [2.45, 2.75) is 39.3 Å². The van der Waals surface area contributed by atoms with Crippen molar-refractivity contribution >= 4 is 17.4 Å². The van der Waals surface area contributed by atoms with Gasteiger partial charge in [0, 0.05) is 18.7 Å². The van der Waals surface area contributed by atoms with Gasteiger partial charge in [0.1, 0.15) is 29.1 Å². The molecule has 1 atom stereocenters. The SMILES string of the molecule is COc1ccc(/C(O)=C2/C(=O)C(=O)N(CCCOC(C)C)C2c2ccc(C)o2)cc1. The van der Waals surface area contributed by atoms with Crippen LogP contribution < -0.4 is 4.74 Å². The minimum atomic E-state index is -0.792. The molecule has 1 aromatic heterocycles. The van der Waals surface area contributed by atoms with Crippen LogP contribution in [0.1, 0.15) is 43.4 Å². The van der Waals surface area contributed by atoms with Crippen LogP contribution in [0, 0.1) is 6.92 Å². The predicted octanol–water partition coefficient (Wildman–Crippen LogP) is 3.83. The molecule has 3 rings (SSSR count). The zero-order chi connectivity index (χ0) is 21.8. The zero-order valence-corrected chi connectivity index (χ0v) is 17.7. The first-order valence-corrected chi connectivity index (χ1v) is 9.94. The largest absolute Gasteiger partial charge is 0.507 e. The highest BCUT2D eigenvalue weighted by atomic mass is 16.5. The first-order chi connectivity index (χ1) is 14.3. The number of aryl methyl sites for hydroxylation is 1. The molecule has 1 saturated heterocycles. The molecular weight excluding hydrogens is 386 g/mol. The summed E-state index contributed by atoms with van der Waals surface area (Å²) in [5.74, 6) is 0.0851. The summed E-state index contributed by atoms with van der Waals surface area (Å²) >= 11 is 0. The summed E-state index contributed by atoms with van der Waals surface area (Å²) in [4.78, 5) is 27.1. The third-order valence-electron chi connectivity index (χ3n) is 4.93. The molecule has 0 spiro atoms. The van der Waals surface area contributed by atoms with Gasteiger partial charge in [0.05, 0.1) is 18.8 Å². The van der Waals surface area contributed by atoms with E-state index >= 15 is 0 Å². The molecule has 160 valence electrons. The van der Waals surface area contributed by atoms with E-state index in [1.54, 1.807) is 50.4 Å². The fourth-order valence-electron chi connectivity index (χ4n) is 3.47. The zero-order valence-electron chi connectivity index (χ0n) is 17.7. The third kappa shape index (κ3) is 4.41. The second kappa shape index (κ2) is 9.17. The van der Waals surface area contributed by atoms with Gasteiger partial charge in [-0.2, -0.15) is 0 Å². The molecule has 2 aromatic rings. The number of benzene rings is 1. The first kappa shape index (κ1) is 21.6. The lowest BCUT2D eigenvalue weighted by Gasteiger charge is -2.23. The second-order valence-electron chi connectivity index (χ2n) is 7.44. The average molecular weight is 413 g/mol. The molecule has 0 radical (unpaired) electrons. The minimum absolute atomic E-state index is 0.0179. The van der Waals surface area contributed by atoms with Crippen LogP contribution in [0.2, 0.25) is 0 Å². The van der Waals surface area contributed by atoms with Gasteiger partial charge in [-0.1, -0.05) is 0 Å². The van der Waals surface area contributed by atoms with Gasteiger partial charge in [-0.25, -0.2) is 0 Å². The number of aliphatic hydroxyl groups is 1. The lowest BCUT2D eigenvalue weighted by atomic mass is 9.99. The van der Waals surface area contributed by atoms with E-state index in [1.165, 1.54) is 4.90 Å². The molecule has 1 N–H and O–H groups in total. The van der Waals surface area contributed by atoms with Crippen LogP contribution in [-0.2, 0) is 14.3 Å². The summed E-state index contributed by atoms with van der Waals surface area (Å²) in [7, 11) is 1.54. The fraction of sp³-hybridized carbons (Fsp3) is 0.391. The Morgan fingerprint density at radius 3 is 2.43 bits per heavy atom. The average Bonchev–Trinajstić information content (AvgIpc) is 3.26. The number of hydrogen-bond donors (Lipinski definition) is 1. The Bertz CT molecular complexity index is 941. The molecule has 7 heteroatoms. The quantitative estimate of drug-likeness (QED) is 0.306. The molecule has 0 saturated carbocycles. The molecule has 1 unspecified atom stereocenters. The van der Waals surface area contributed by atoms with Gasteiger partial charge in [-0.3, -0.25) is 9.59 Å². The Hall–Kier alpha value is -3.06. The minimum Gasteiger partial charge on any atom is -0.507 e. The van der Waals surface area contributed by atoms with Gasteiger partial charge in [-0.15, -0.1) is 0 Å². The fourth-order valence-corrected chi connectivity index (χ4v) is 3.47. The Balaban J connectivity index is 1.99. The van der Waals surface area contributed by atoms with E-state index in [0.29, 0.717) is 42.4 Å². The topological polar surface area (TPSA) is 89.2 Å². The normalized spacial score (nSPS) is 18.4. The first-order valence-electron chi connectivity index (χ1n) is 9.94. The van der Waals surface area contributed by atoms with Crippen molar-refractivity contribution in [1.29, 1.82) is 0 Å². The Morgan fingerprint density at radius 2 is 1.87 bits per heavy atom. The van der Waals surface area contributed by atoms with E-state index < -0.39 is 17.7 Å². The van der Waals surface area contributed by atoms with Crippen LogP contribution in [0.15, 0.2) is 46.4 Å². The number of carbonyl (C=O) groups excluding carboxylic acids is 2. The number of furan rings is 1. The molecule has 0 bridgehead atoms. The van der Waals surface area contributed by atoms with E-state index in [-0.39, 0.29) is 17.4 Å². The lowest BCUT2D eigenvalue weighted by molar-refractivity contribution is -0.140. The van der Waals surface area contributed by atoms with Crippen molar-refractivity contribution in [3.8, 4) is 5.75 Å². The van der Waals surface area contributed by atoms with Gasteiger partial charge < -0.3 is 23.9 Å². The van der Waals surface area contributed by atoms with Crippen molar-refractivity contribution in [3.05, 3.63) is 59.1 Å². The molecule has 1 aromatic carbocycles. The van der Waals surface area contributed by atoms with Gasteiger partial charge in [0.15, 0.2) is 0 Å². The predicted molar refractivity (Wildman–Crippen MR) is 111 cm³/mol. The summed E-state index contributed by atoms with van der Waals surface area (Å²) in [6.07, 6.45) is 0.642. The summed E-state index contributed by atoms with van der Waals surface area (Å²) in [6.45, 7) is 6.43. The van der Waals surface area contributed by atoms with Gasteiger partial charge >= 0.3 is 0 Å². The van der Waals surface area contributed by atoms with Gasteiger partial charge in [0.25, 0.3) is 11.7 Å². The number of rotatable bonds is 8. The molecule has 7 nitrogen and oxygen atoms in total. The number of amides is 1. The highest BCUT2D eigenvalue weighted by Gasteiger charge is 2.47. The van der Waals surface area contributed by atoms with E-state index in [4.69, 9.17) is 13.9 Å². The van der Waals surface area contributed by atoms with Gasteiger partial charge in [-0.05, 0) is 63.6 Å². The standard InChI is InChI=1S/C23H27NO6/c1-14(2)29-13-5-12-24-20(18-11-6-15(3)30-18)19(22(26)23(24)27)21(25)16-7-9-17(28-4)10-8-16/h6-11,14,20,25H,5,12-13H2,1-4H3/b21-19-. The number of hydrogen-bond acceptors (Lipinski definition) is 6. The Morgan fingerprint density at radius 1 is 1.17 bits per heavy atom. The van der Waals surface area contributed by atoms with E-state index in [2.05, 4.69) is 0 Å². The smallest absolute Gasteiger partial charge is 0.295 e. The van der Waals surface area contributed by atoms with E-state index in [0.717, 1.165) is 0 Å². The maximum absolute atomic E-state index is 12.9. The number of ketones is 1. The highest BCUT2D eigenvalue weighted by molar-refractivity contribution is 6.46. The van der Waals surface area contributed by atoms with Crippen molar-refractivity contribution < 1.29 is 28.6 Å².